The molecule has 4 atom stereocenters. The Bertz CT molecular complexity index is 574. The number of allylic oxidation sites excluding steroid dienone is 2. The Kier molecular flexibility index (Phi) is 5.75. The Hall–Kier alpha value is -2.05. The maximum absolute atomic E-state index is 11.9. The molecule has 1 amide bonds. The number of hydrogen-bond donors (Lipinski definition) is 2. The van der Waals surface area contributed by atoms with E-state index in [2.05, 4.69) is 24.4 Å². The lowest BCUT2D eigenvalue weighted by atomic mass is 9.44. The summed E-state index contributed by atoms with van der Waals surface area (Å²) in [7, 11) is 0. The number of carbonyl (C=O) groups excluding carboxylic acids is 2. The summed E-state index contributed by atoms with van der Waals surface area (Å²) in [4.78, 5) is 34.5. The molecule has 2 rings (SSSR count). The van der Waals surface area contributed by atoms with Gasteiger partial charge in [0, 0.05) is 25.3 Å². The van der Waals surface area contributed by atoms with E-state index in [0.29, 0.717) is 0 Å². The summed E-state index contributed by atoms with van der Waals surface area (Å²) in [6.07, 6.45) is 5.43. The smallest absolute Gasteiger partial charge is 0.410 e. The van der Waals surface area contributed by atoms with Crippen molar-refractivity contribution in [3.63, 3.8) is 0 Å². The summed E-state index contributed by atoms with van der Waals surface area (Å²) in [5.41, 5.74) is -0.359. The zero-order valence-electron chi connectivity index (χ0n) is 15.0. The highest BCUT2D eigenvalue weighted by Crippen LogP contribution is 2.67. The van der Waals surface area contributed by atoms with Crippen LogP contribution >= 0.6 is 0 Å². The van der Waals surface area contributed by atoms with Gasteiger partial charge in [-0.1, -0.05) is 26.0 Å². The fourth-order valence-electron chi connectivity index (χ4n) is 4.42. The molecule has 0 spiro atoms. The van der Waals surface area contributed by atoms with E-state index in [-0.39, 0.29) is 30.7 Å². The third-order valence-corrected chi connectivity index (χ3v) is 5.53. The predicted octanol–water partition coefficient (Wildman–Crippen LogP) is 2.85. The number of carboxylic acids is 1. The van der Waals surface area contributed by atoms with Crippen molar-refractivity contribution in [1.82, 2.24) is 5.32 Å². The first kappa shape index (κ1) is 19.3. The van der Waals surface area contributed by atoms with E-state index < -0.39 is 29.7 Å². The highest BCUT2D eigenvalue weighted by molar-refractivity contribution is 5.71. The molecule has 0 aliphatic heterocycles. The second kappa shape index (κ2) is 7.45. The normalized spacial score (nSPS) is 30.8. The molecule has 2 aliphatic carbocycles. The minimum absolute atomic E-state index is 0.00438. The molecule has 0 heterocycles. The Morgan fingerprint density at radius 1 is 1.32 bits per heavy atom. The number of carbonyl (C=O) groups is 3. The lowest BCUT2D eigenvalue weighted by Gasteiger charge is -2.60. The molecule has 0 aromatic heterocycles. The van der Waals surface area contributed by atoms with Gasteiger partial charge in [-0.25, -0.2) is 4.79 Å². The third-order valence-electron chi connectivity index (χ3n) is 5.53. The van der Waals surface area contributed by atoms with Gasteiger partial charge in [-0.15, -0.1) is 0 Å². The van der Waals surface area contributed by atoms with Crippen molar-refractivity contribution in [1.29, 1.82) is 0 Å². The molecule has 1 fully saturated rings. The number of aliphatic carboxylic acids is 1. The molecule has 0 aromatic carbocycles. The highest BCUT2D eigenvalue weighted by Gasteiger charge is 2.62. The van der Waals surface area contributed by atoms with Crippen LogP contribution in [0.3, 0.4) is 0 Å². The van der Waals surface area contributed by atoms with Crippen LogP contribution in [0.2, 0.25) is 0 Å². The maximum Gasteiger partial charge on any atom is 0.410 e. The van der Waals surface area contributed by atoms with Gasteiger partial charge in [0.05, 0.1) is 6.42 Å². The van der Waals surface area contributed by atoms with Crippen LogP contribution in [0, 0.1) is 16.7 Å². The molecule has 25 heavy (non-hydrogen) atoms. The SMILES string of the molecule is CCC(=O)O[C@@H](C)OC(=O)NC[C@@]1(CC(=O)O)C[C@]2(CC)CC=C[C@H]21. The van der Waals surface area contributed by atoms with Crippen LogP contribution in [0.15, 0.2) is 12.2 Å². The molecule has 7 heteroatoms. The maximum atomic E-state index is 11.9. The van der Waals surface area contributed by atoms with E-state index in [1.807, 2.05) is 0 Å². The second-order valence-corrected chi connectivity index (χ2v) is 7.11. The quantitative estimate of drug-likeness (QED) is 0.395. The van der Waals surface area contributed by atoms with Crippen LogP contribution in [-0.4, -0.2) is 36.0 Å². The van der Waals surface area contributed by atoms with Gasteiger partial charge in [0.25, 0.3) is 0 Å². The van der Waals surface area contributed by atoms with Crippen molar-refractivity contribution in [2.24, 2.45) is 16.7 Å². The number of fused-ring (bicyclic) bond motifs is 1. The minimum Gasteiger partial charge on any atom is -0.481 e. The summed E-state index contributed by atoms with van der Waals surface area (Å²) >= 11 is 0. The molecule has 7 nitrogen and oxygen atoms in total. The number of esters is 1. The summed E-state index contributed by atoms with van der Waals surface area (Å²) in [5.74, 6) is -1.17. The van der Waals surface area contributed by atoms with Gasteiger partial charge in [0.2, 0.25) is 6.29 Å². The Morgan fingerprint density at radius 3 is 2.64 bits per heavy atom. The predicted molar refractivity (Wildman–Crippen MR) is 89.6 cm³/mol. The third kappa shape index (κ3) is 3.96. The molecule has 0 aromatic rings. The Labute approximate surface area is 147 Å². The van der Waals surface area contributed by atoms with Gasteiger partial charge in [0.1, 0.15) is 0 Å². The van der Waals surface area contributed by atoms with Crippen LogP contribution < -0.4 is 5.32 Å². The number of nitrogens with one attached hydrogen (secondary N) is 1. The molecular weight excluding hydrogens is 326 g/mol. The molecule has 0 saturated heterocycles. The summed E-state index contributed by atoms with van der Waals surface area (Å²) in [6.45, 7) is 5.46. The molecule has 140 valence electrons. The van der Waals surface area contributed by atoms with Crippen molar-refractivity contribution in [2.45, 2.75) is 59.2 Å². The summed E-state index contributed by atoms with van der Waals surface area (Å²) < 4.78 is 9.88. The molecule has 0 unspecified atom stereocenters. The summed E-state index contributed by atoms with van der Waals surface area (Å²) in [5, 5.41) is 12.0. The molecule has 0 radical (unpaired) electrons. The van der Waals surface area contributed by atoms with Crippen molar-refractivity contribution in [3.05, 3.63) is 12.2 Å². The van der Waals surface area contributed by atoms with Gasteiger partial charge in [-0.2, -0.15) is 0 Å². The highest BCUT2D eigenvalue weighted by atomic mass is 16.7. The van der Waals surface area contributed by atoms with Gasteiger partial charge < -0.3 is 19.9 Å². The lowest BCUT2D eigenvalue weighted by molar-refractivity contribution is -0.165. The fourth-order valence-corrected chi connectivity index (χ4v) is 4.42. The first-order valence-corrected chi connectivity index (χ1v) is 8.79. The Balaban J connectivity index is 1.93. The van der Waals surface area contributed by atoms with E-state index in [9.17, 15) is 19.5 Å². The first-order valence-electron chi connectivity index (χ1n) is 8.79. The van der Waals surface area contributed by atoms with Gasteiger partial charge in [-0.3, -0.25) is 9.59 Å². The van der Waals surface area contributed by atoms with Crippen LogP contribution in [-0.2, 0) is 19.1 Å². The second-order valence-electron chi connectivity index (χ2n) is 7.11. The van der Waals surface area contributed by atoms with E-state index in [1.165, 1.54) is 6.92 Å². The molecule has 2 aliphatic rings. The zero-order chi connectivity index (χ0) is 18.7. The number of alkyl carbamates (subject to hydrolysis) is 1. The number of carboxylic acid groups (broad SMARTS) is 1. The topological polar surface area (TPSA) is 102 Å². The lowest BCUT2D eigenvalue weighted by Crippen LogP contribution is -2.59. The van der Waals surface area contributed by atoms with Crippen molar-refractivity contribution in [2.75, 3.05) is 6.54 Å². The van der Waals surface area contributed by atoms with Crippen LogP contribution in [0.25, 0.3) is 0 Å². The average Bonchev–Trinajstić information content (AvgIpc) is 2.89. The van der Waals surface area contributed by atoms with Crippen LogP contribution in [0.4, 0.5) is 4.79 Å². The standard InChI is InChI=1S/C18H27NO6/c1-4-15(22)24-12(3)25-16(23)19-11-18(9-14(20)21)10-17(5-2)8-6-7-13(17)18/h6-7,12-13H,4-5,8-11H2,1-3H3,(H,19,23)(H,20,21)/t12-,13-,17+,18-/m1/s1. The number of hydrogen-bond acceptors (Lipinski definition) is 5. The van der Waals surface area contributed by atoms with E-state index in [0.717, 1.165) is 19.3 Å². The molecule has 2 N–H and O–H groups in total. The monoisotopic (exact) mass is 353 g/mol. The van der Waals surface area contributed by atoms with Crippen molar-refractivity contribution >= 4 is 18.0 Å². The van der Waals surface area contributed by atoms with Crippen LogP contribution in [0.5, 0.6) is 0 Å². The Morgan fingerprint density at radius 2 is 2.04 bits per heavy atom. The number of ether oxygens (including phenoxy) is 2. The van der Waals surface area contributed by atoms with Crippen LogP contribution in [0.1, 0.15) is 52.9 Å². The number of rotatable bonds is 8. The first-order chi connectivity index (χ1) is 11.8. The van der Waals surface area contributed by atoms with E-state index in [4.69, 9.17) is 9.47 Å². The molecule has 1 saturated carbocycles. The molecule has 0 bridgehead atoms. The fraction of sp³-hybridized carbons (Fsp3) is 0.722. The van der Waals surface area contributed by atoms with Gasteiger partial charge in [-0.05, 0) is 30.6 Å². The van der Waals surface area contributed by atoms with Crippen molar-refractivity contribution < 1.29 is 29.0 Å². The van der Waals surface area contributed by atoms with Gasteiger partial charge in [0.15, 0.2) is 0 Å². The van der Waals surface area contributed by atoms with Gasteiger partial charge >= 0.3 is 18.0 Å². The van der Waals surface area contributed by atoms with Crippen molar-refractivity contribution in [3.8, 4) is 0 Å². The number of amides is 1. The average molecular weight is 353 g/mol. The van der Waals surface area contributed by atoms with E-state index >= 15 is 0 Å². The zero-order valence-corrected chi connectivity index (χ0v) is 15.0. The molecular formula is C18H27NO6. The van der Waals surface area contributed by atoms with E-state index in [1.54, 1.807) is 6.92 Å². The largest absolute Gasteiger partial charge is 0.481 e. The minimum atomic E-state index is -0.981. The summed E-state index contributed by atoms with van der Waals surface area (Å²) in [6, 6.07) is 0.